The van der Waals surface area contributed by atoms with Crippen molar-refractivity contribution in [2.45, 2.75) is 5.41 Å². The minimum absolute atomic E-state index is 0.294. The van der Waals surface area contributed by atoms with E-state index < -0.39 is 5.41 Å². The molecule has 0 bridgehead atoms. The van der Waals surface area contributed by atoms with Crippen molar-refractivity contribution in [1.29, 1.82) is 0 Å². The van der Waals surface area contributed by atoms with Crippen molar-refractivity contribution < 1.29 is 0 Å². The molecule has 2 atom stereocenters. The molecule has 8 aromatic carbocycles. The summed E-state index contributed by atoms with van der Waals surface area (Å²) in [6, 6.07) is 64.9. The van der Waals surface area contributed by atoms with Crippen molar-refractivity contribution in [3.05, 3.63) is 246 Å². The Balaban J connectivity index is 1.10. The molecule has 2 unspecified atom stereocenters. The molecule has 2 heteroatoms. The van der Waals surface area contributed by atoms with Gasteiger partial charge >= 0.3 is 0 Å². The number of fused-ring (bicyclic) bond motifs is 14. The Bertz CT molecular complexity index is 3390. The molecule has 9 aromatic rings. The van der Waals surface area contributed by atoms with Crippen LogP contribution in [0, 0.1) is 11.8 Å². The summed E-state index contributed by atoms with van der Waals surface area (Å²) in [4.78, 5) is 10.9. The Kier molecular flexibility index (Phi) is 7.38. The van der Waals surface area contributed by atoms with E-state index in [0.717, 1.165) is 33.9 Å². The van der Waals surface area contributed by atoms with Gasteiger partial charge in [0.1, 0.15) is 0 Å². The van der Waals surface area contributed by atoms with Crippen LogP contribution in [0.3, 0.4) is 0 Å². The van der Waals surface area contributed by atoms with Gasteiger partial charge in [0.2, 0.25) is 0 Å². The van der Waals surface area contributed by atoms with Crippen molar-refractivity contribution in [2.75, 3.05) is 0 Å². The standard InChI is InChI=1S/C59H38N2/c1-2-16-39(17-3-1)50-34-42-20-8-9-21-46(42)57-56(50)49-31-30-45(35-53(49)59(57)51-24-12-10-22-47(51)48-23-11-13-25-52(48)59)58-60-54(43-28-26-37-14-4-6-18-40(37)32-43)36-55(61-58)44-29-27-38-15-5-7-19-41(38)33-44/h1-37,40H. The van der Waals surface area contributed by atoms with Crippen LogP contribution in [0.15, 0.2) is 218 Å². The average Bonchev–Trinajstić information content (AvgIpc) is 3.81. The maximum absolute atomic E-state index is 5.47. The number of hydrogen-bond donors (Lipinski definition) is 0. The molecule has 284 valence electrons. The van der Waals surface area contributed by atoms with Crippen LogP contribution in [-0.2, 0) is 5.41 Å². The third-order valence-electron chi connectivity index (χ3n) is 13.6. The quantitative estimate of drug-likeness (QED) is 0.178. The maximum atomic E-state index is 5.47. The van der Waals surface area contributed by atoms with Crippen LogP contribution in [0.1, 0.15) is 27.9 Å². The maximum Gasteiger partial charge on any atom is 0.160 e. The molecule has 0 fully saturated rings. The van der Waals surface area contributed by atoms with Gasteiger partial charge in [0.25, 0.3) is 0 Å². The number of allylic oxidation sites excluding steroid dienone is 8. The van der Waals surface area contributed by atoms with Crippen LogP contribution in [0.4, 0.5) is 0 Å². The third-order valence-corrected chi connectivity index (χ3v) is 13.6. The Hall–Kier alpha value is -7.68. The molecule has 0 aliphatic heterocycles. The molecule has 0 saturated carbocycles. The van der Waals surface area contributed by atoms with E-state index in [1.807, 2.05) is 0 Å². The zero-order valence-corrected chi connectivity index (χ0v) is 33.3. The molecule has 0 N–H and O–H groups in total. The van der Waals surface area contributed by atoms with Crippen molar-refractivity contribution in [3.63, 3.8) is 0 Å². The molecular formula is C59H38N2. The smallest absolute Gasteiger partial charge is 0.160 e. The number of benzene rings is 8. The first-order chi connectivity index (χ1) is 30.2. The van der Waals surface area contributed by atoms with E-state index >= 15 is 0 Å². The van der Waals surface area contributed by atoms with Crippen molar-refractivity contribution in [2.24, 2.45) is 11.8 Å². The second-order valence-electron chi connectivity index (χ2n) is 16.8. The van der Waals surface area contributed by atoms with Crippen LogP contribution in [0.2, 0.25) is 0 Å². The van der Waals surface area contributed by atoms with Crippen molar-refractivity contribution in [3.8, 4) is 56.0 Å². The van der Waals surface area contributed by atoms with Gasteiger partial charge in [-0.15, -0.1) is 0 Å². The Morgan fingerprint density at radius 1 is 0.410 bits per heavy atom. The minimum Gasteiger partial charge on any atom is -0.228 e. The van der Waals surface area contributed by atoms with Gasteiger partial charge in [-0.25, -0.2) is 9.97 Å². The first kappa shape index (κ1) is 34.2. The van der Waals surface area contributed by atoms with Crippen molar-refractivity contribution in [1.82, 2.24) is 9.97 Å². The minimum atomic E-state index is -0.568. The highest BCUT2D eigenvalue weighted by Crippen LogP contribution is 2.65. The van der Waals surface area contributed by atoms with Gasteiger partial charge in [-0.2, -0.15) is 0 Å². The lowest BCUT2D eigenvalue weighted by molar-refractivity contribution is 0.662. The van der Waals surface area contributed by atoms with Crippen LogP contribution < -0.4 is 0 Å². The lowest BCUT2D eigenvalue weighted by atomic mass is 9.69. The van der Waals surface area contributed by atoms with E-state index in [-0.39, 0.29) is 0 Å². The van der Waals surface area contributed by atoms with E-state index in [4.69, 9.17) is 9.97 Å². The van der Waals surface area contributed by atoms with E-state index in [2.05, 4.69) is 218 Å². The molecule has 61 heavy (non-hydrogen) atoms. The summed E-state index contributed by atoms with van der Waals surface area (Å²) in [6.07, 6.45) is 15.8. The van der Waals surface area contributed by atoms with Crippen LogP contribution in [0.25, 0.3) is 83.1 Å². The zero-order chi connectivity index (χ0) is 40.1. The predicted molar refractivity (Wildman–Crippen MR) is 252 cm³/mol. The lowest BCUT2D eigenvalue weighted by Gasteiger charge is -2.32. The van der Waals surface area contributed by atoms with E-state index in [9.17, 15) is 0 Å². The van der Waals surface area contributed by atoms with Crippen LogP contribution in [0.5, 0.6) is 0 Å². The van der Waals surface area contributed by atoms with Gasteiger partial charge in [0.15, 0.2) is 5.82 Å². The zero-order valence-electron chi connectivity index (χ0n) is 33.3. The first-order valence-electron chi connectivity index (χ1n) is 21.3. The summed E-state index contributed by atoms with van der Waals surface area (Å²) < 4.78 is 0. The van der Waals surface area contributed by atoms with Gasteiger partial charge in [-0.3, -0.25) is 0 Å². The fraction of sp³-hybridized carbons (Fsp3) is 0.0508. The lowest BCUT2D eigenvalue weighted by Crippen LogP contribution is -2.26. The third kappa shape index (κ3) is 5.03. The summed E-state index contributed by atoms with van der Waals surface area (Å²) in [5.41, 5.74) is 17.3. The van der Waals surface area contributed by atoms with Crippen LogP contribution in [-0.4, -0.2) is 9.97 Å². The Morgan fingerprint density at radius 2 is 1.08 bits per heavy atom. The molecule has 4 aliphatic carbocycles. The molecular weight excluding hydrogens is 737 g/mol. The van der Waals surface area contributed by atoms with E-state index in [1.54, 1.807) is 0 Å². The fourth-order valence-corrected chi connectivity index (χ4v) is 10.9. The average molecular weight is 775 g/mol. The molecule has 1 aromatic heterocycles. The summed E-state index contributed by atoms with van der Waals surface area (Å²) in [5.74, 6) is 1.37. The van der Waals surface area contributed by atoms with Gasteiger partial charge < -0.3 is 0 Å². The number of rotatable bonds is 4. The summed E-state index contributed by atoms with van der Waals surface area (Å²) >= 11 is 0. The van der Waals surface area contributed by atoms with Crippen LogP contribution >= 0.6 is 0 Å². The molecule has 0 amide bonds. The monoisotopic (exact) mass is 774 g/mol. The topological polar surface area (TPSA) is 25.8 Å². The Morgan fingerprint density at radius 3 is 1.90 bits per heavy atom. The largest absolute Gasteiger partial charge is 0.228 e. The van der Waals surface area contributed by atoms with Crippen molar-refractivity contribution >= 4 is 27.1 Å². The SMILES string of the molecule is C1=CC2C=CC(c3cc(-c4ccc5ccccc5c4)nc(-c4ccc5c(c4)C4(c6ccccc6-c6ccccc64)c4c-5c(-c5ccccc5)cc5ccccc45)n3)=CC2C=C1. The summed E-state index contributed by atoms with van der Waals surface area (Å²) in [7, 11) is 0. The molecule has 2 nitrogen and oxygen atoms in total. The molecule has 13 rings (SSSR count). The fourth-order valence-electron chi connectivity index (χ4n) is 10.9. The van der Waals surface area contributed by atoms with Gasteiger partial charge in [-0.05, 0) is 107 Å². The summed E-state index contributed by atoms with van der Waals surface area (Å²) in [5, 5.41) is 4.92. The van der Waals surface area contributed by atoms with Gasteiger partial charge in [-0.1, -0.05) is 194 Å². The highest BCUT2D eigenvalue weighted by atomic mass is 14.9. The second kappa shape index (κ2) is 13.2. The second-order valence-corrected chi connectivity index (χ2v) is 16.8. The Labute approximate surface area is 355 Å². The highest BCUT2D eigenvalue weighted by molar-refractivity contribution is 6.09. The molecule has 0 saturated heterocycles. The number of hydrogen-bond acceptors (Lipinski definition) is 2. The predicted octanol–water partition coefficient (Wildman–Crippen LogP) is 14.4. The normalized spacial score (nSPS) is 17.2. The number of nitrogens with zero attached hydrogens (tertiary/aromatic N) is 2. The molecule has 1 spiro atoms. The molecule has 1 heterocycles. The molecule has 4 aliphatic rings. The van der Waals surface area contributed by atoms with Gasteiger partial charge in [0.05, 0.1) is 16.8 Å². The van der Waals surface area contributed by atoms with Gasteiger partial charge in [0, 0.05) is 23.0 Å². The van der Waals surface area contributed by atoms with E-state index in [1.165, 1.54) is 77.2 Å². The van der Waals surface area contributed by atoms with E-state index in [0.29, 0.717) is 11.8 Å². The highest BCUT2D eigenvalue weighted by Gasteiger charge is 2.53. The molecule has 0 radical (unpaired) electrons. The summed E-state index contributed by atoms with van der Waals surface area (Å²) in [6.45, 7) is 0. The first-order valence-corrected chi connectivity index (χ1v) is 21.3. The number of aromatic nitrogens is 2.